The zero-order valence-corrected chi connectivity index (χ0v) is 4.23. The fraction of sp³-hybridized carbons (Fsp3) is 1.00. The Bertz CT molecular complexity index is 56.0. The molecule has 0 aliphatic carbocycles. The standard InChI is InChI=1S/C3H10N4/c1-5-2-3(6-2)7-4/h2-3,5-7H,4H2,1H3. The van der Waals surface area contributed by atoms with Gasteiger partial charge in [-0.25, -0.2) is 5.43 Å². The molecule has 0 aromatic heterocycles. The molecule has 42 valence electrons. The minimum Gasteiger partial charge on any atom is -0.302 e. The summed E-state index contributed by atoms with van der Waals surface area (Å²) in [6.07, 6.45) is 0.662. The van der Waals surface area contributed by atoms with Crippen molar-refractivity contribution >= 4 is 0 Å². The number of hydrazine groups is 1. The first kappa shape index (κ1) is 4.99. The van der Waals surface area contributed by atoms with Gasteiger partial charge in [0, 0.05) is 0 Å². The van der Waals surface area contributed by atoms with Gasteiger partial charge in [0.1, 0.15) is 6.17 Å². The van der Waals surface area contributed by atoms with E-state index in [9.17, 15) is 0 Å². The third-order valence-corrected chi connectivity index (χ3v) is 1.07. The van der Waals surface area contributed by atoms with Crippen molar-refractivity contribution < 1.29 is 0 Å². The number of rotatable bonds is 2. The Morgan fingerprint density at radius 3 is 2.43 bits per heavy atom. The van der Waals surface area contributed by atoms with E-state index in [1.54, 1.807) is 0 Å². The van der Waals surface area contributed by atoms with Crippen LogP contribution in [0.3, 0.4) is 0 Å². The second-order valence-corrected chi connectivity index (χ2v) is 1.58. The summed E-state index contributed by atoms with van der Waals surface area (Å²) in [5.41, 5.74) is 2.57. The van der Waals surface area contributed by atoms with Crippen LogP contribution in [-0.4, -0.2) is 19.4 Å². The fourth-order valence-corrected chi connectivity index (χ4v) is 0.532. The quantitative estimate of drug-likeness (QED) is 0.183. The normalized spacial score (nSPS) is 38.6. The van der Waals surface area contributed by atoms with Gasteiger partial charge < -0.3 is 5.32 Å². The Balaban J connectivity index is 2.06. The van der Waals surface area contributed by atoms with Crippen LogP contribution in [0.4, 0.5) is 0 Å². The Morgan fingerprint density at radius 1 is 1.57 bits per heavy atom. The molecule has 0 saturated carbocycles. The molecule has 1 aliphatic rings. The highest BCUT2D eigenvalue weighted by Crippen LogP contribution is 1.98. The van der Waals surface area contributed by atoms with Crippen molar-refractivity contribution in [2.24, 2.45) is 5.84 Å². The van der Waals surface area contributed by atoms with Crippen LogP contribution >= 0.6 is 0 Å². The van der Waals surface area contributed by atoms with E-state index in [1.807, 2.05) is 7.05 Å². The van der Waals surface area contributed by atoms with Gasteiger partial charge >= 0.3 is 0 Å². The van der Waals surface area contributed by atoms with Crippen LogP contribution in [0.5, 0.6) is 0 Å². The number of nitrogens with one attached hydrogen (secondary N) is 3. The first-order valence-corrected chi connectivity index (χ1v) is 2.28. The molecule has 7 heavy (non-hydrogen) atoms. The van der Waals surface area contributed by atoms with Gasteiger partial charge in [0.2, 0.25) is 0 Å². The number of likely N-dealkylation sites (N-methyl/N-ethyl adjacent to an activating group) is 1. The summed E-state index contributed by atoms with van der Waals surface area (Å²) in [7, 11) is 1.88. The predicted octanol–water partition coefficient (Wildman–Crippen LogP) is -2.08. The maximum Gasteiger partial charge on any atom is 0.100 e. The zero-order chi connectivity index (χ0) is 5.28. The van der Waals surface area contributed by atoms with E-state index in [0.29, 0.717) is 6.17 Å². The van der Waals surface area contributed by atoms with E-state index >= 15 is 0 Å². The second kappa shape index (κ2) is 1.75. The lowest BCUT2D eigenvalue weighted by atomic mass is 10.7. The topological polar surface area (TPSA) is 72.0 Å². The molecule has 1 fully saturated rings. The van der Waals surface area contributed by atoms with Crippen LogP contribution in [0, 0.1) is 0 Å². The fourth-order valence-electron chi connectivity index (χ4n) is 0.532. The van der Waals surface area contributed by atoms with Gasteiger partial charge in [-0.3, -0.25) is 11.2 Å². The highest BCUT2D eigenvalue weighted by Gasteiger charge is 2.32. The number of hydrogen-bond acceptors (Lipinski definition) is 4. The highest BCUT2D eigenvalue weighted by molar-refractivity contribution is 4.90. The average molecular weight is 102 g/mol. The van der Waals surface area contributed by atoms with E-state index < -0.39 is 0 Å². The summed E-state index contributed by atoms with van der Waals surface area (Å²) in [5, 5.41) is 6.01. The number of nitrogens with two attached hydrogens (primary N) is 1. The predicted molar refractivity (Wildman–Crippen MR) is 27.1 cm³/mol. The third-order valence-electron chi connectivity index (χ3n) is 1.07. The van der Waals surface area contributed by atoms with Crippen LogP contribution in [-0.2, 0) is 0 Å². The summed E-state index contributed by atoms with van der Waals surface area (Å²) in [5.74, 6) is 5.05. The van der Waals surface area contributed by atoms with Crippen molar-refractivity contribution in [3.05, 3.63) is 0 Å². The highest BCUT2D eigenvalue weighted by atomic mass is 15.5. The van der Waals surface area contributed by atoms with Gasteiger partial charge in [-0.15, -0.1) is 0 Å². The largest absolute Gasteiger partial charge is 0.302 e. The molecule has 2 atom stereocenters. The molecule has 2 unspecified atom stereocenters. The summed E-state index contributed by atoms with van der Waals surface area (Å²) in [4.78, 5) is 0. The Kier molecular flexibility index (Phi) is 1.25. The molecule has 0 radical (unpaired) electrons. The molecule has 0 aromatic rings. The molecule has 0 bridgehead atoms. The average Bonchev–Trinajstić information content (AvgIpc) is 2.43. The molecule has 1 heterocycles. The third kappa shape index (κ3) is 0.889. The summed E-state index contributed by atoms with van der Waals surface area (Å²) in [6, 6.07) is 0. The van der Waals surface area contributed by atoms with Crippen LogP contribution in [0.25, 0.3) is 0 Å². The van der Waals surface area contributed by atoms with Crippen LogP contribution < -0.4 is 21.9 Å². The lowest BCUT2D eigenvalue weighted by Gasteiger charge is -1.88. The van der Waals surface area contributed by atoms with Gasteiger partial charge in [-0.1, -0.05) is 0 Å². The Hall–Kier alpha value is -0.160. The molecule has 5 N–H and O–H groups in total. The SMILES string of the molecule is CNC1NC1NN. The molecule has 4 heteroatoms. The first-order chi connectivity index (χ1) is 3.38. The van der Waals surface area contributed by atoms with Crippen molar-refractivity contribution in [3.63, 3.8) is 0 Å². The van der Waals surface area contributed by atoms with Gasteiger partial charge in [0.25, 0.3) is 0 Å². The molecule has 0 spiro atoms. The van der Waals surface area contributed by atoms with E-state index in [2.05, 4.69) is 16.1 Å². The second-order valence-electron chi connectivity index (χ2n) is 1.58. The maximum atomic E-state index is 5.05. The van der Waals surface area contributed by atoms with Crippen molar-refractivity contribution in [3.8, 4) is 0 Å². The molecule has 0 aromatic carbocycles. The Labute approximate surface area is 42.4 Å². The van der Waals surface area contributed by atoms with Crippen molar-refractivity contribution in [1.82, 2.24) is 16.1 Å². The molecule has 1 saturated heterocycles. The number of hydrogen-bond donors (Lipinski definition) is 4. The minimum atomic E-state index is 0.282. The van der Waals surface area contributed by atoms with E-state index in [1.165, 1.54) is 0 Å². The zero-order valence-electron chi connectivity index (χ0n) is 4.23. The molecule has 0 amide bonds. The summed E-state index contributed by atoms with van der Waals surface area (Å²) >= 11 is 0. The van der Waals surface area contributed by atoms with Crippen LogP contribution in [0.2, 0.25) is 0 Å². The smallest absolute Gasteiger partial charge is 0.100 e. The minimum absolute atomic E-state index is 0.282. The Morgan fingerprint density at radius 2 is 2.29 bits per heavy atom. The van der Waals surface area contributed by atoms with Crippen LogP contribution in [0.15, 0.2) is 0 Å². The lowest BCUT2D eigenvalue weighted by Crippen LogP contribution is -2.30. The molecule has 1 rings (SSSR count). The lowest BCUT2D eigenvalue weighted by molar-refractivity contribution is 0.667. The van der Waals surface area contributed by atoms with E-state index in [0.717, 1.165) is 0 Å². The molecule has 4 nitrogen and oxygen atoms in total. The van der Waals surface area contributed by atoms with Gasteiger partial charge in [0.05, 0.1) is 6.17 Å². The van der Waals surface area contributed by atoms with Gasteiger partial charge in [-0.05, 0) is 7.05 Å². The van der Waals surface area contributed by atoms with E-state index in [-0.39, 0.29) is 6.17 Å². The van der Waals surface area contributed by atoms with Gasteiger partial charge in [-0.2, -0.15) is 0 Å². The summed E-state index contributed by atoms with van der Waals surface area (Å²) < 4.78 is 0. The van der Waals surface area contributed by atoms with Crippen molar-refractivity contribution in [2.75, 3.05) is 7.05 Å². The maximum absolute atomic E-state index is 5.05. The van der Waals surface area contributed by atoms with Crippen LogP contribution in [0.1, 0.15) is 0 Å². The van der Waals surface area contributed by atoms with Crippen molar-refractivity contribution in [2.45, 2.75) is 12.3 Å². The molecular weight excluding hydrogens is 92.1 g/mol. The monoisotopic (exact) mass is 102 g/mol. The molecular formula is C3H10N4. The van der Waals surface area contributed by atoms with Crippen molar-refractivity contribution in [1.29, 1.82) is 0 Å². The van der Waals surface area contributed by atoms with Gasteiger partial charge in [0.15, 0.2) is 0 Å². The molecule has 1 aliphatic heterocycles. The van der Waals surface area contributed by atoms with E-state index in [4.69, 9.17) is 5.84 Å². The first-order valence-electron chi connectivity index (χ1n) is 2.28. The summed E-state index contributed by atoms with van der Waals surface area (Å²) in [6.45, 7) is 0.